The molecule has 2 N–H and O–H groups in total. The van der Waals surface area contributed by atoms with E-state index < -0.39 is 6.04 Å². The van der Waals surface area contributed by atoms with Gasteiger partial charge in [-0.1, -0.05) is 17.7 Å². The minimum atomic E-state index is -0.825. The Labute approximate surface area is 221 Å². The molecule has 0 fully saturated rings. The Morgan fingerprint density at radius 2 is 1.92 bits per heavy atom. The Morgan fingerprint density at radius 3 is 2.68 bits per heavy atom. The van der Waals surface area contributed by atoms with Gasteiger partial charge in [0.25, 0.3) is 11.8 Å². The summed E-state index contributed by atoms with van der Waals surface area (Å²) in [7, 11) is 0. The van der Waals surface area contributed by atoms with E-state index in [9.17, 15) is 14.4 Å². The summed E-state index contributed by atoms with van der Waals surface area (Å²) in [5, 5.41) is 5.93. The fourth-order valence-corrected chi connectivity index (χ4v) is 5.01. The Morgan fingerprint density at radius 1 is 1.11 bits per heavy atom. The minimum absolute atomic E-state index is 0.130. The zero-order chi connectivity index (χ0) is 25.9. The average molecular weight is 533 g/mol. The standard InChI is InChI=1S/C26H21ClN6O3S/c1-15-12-29-26(30-13-15)32-24(35)22-8-6-18(37-22)14-33-21(11-17-4-2-3-9-28-17)23(34)31-20-10-16(27)5-7-19(20)25(33)36/h2-10,12-13,21H,11,14H2,1H3,(H,31,34)(H,29,30,32,35)/t21-/m1/s1. The average Bonchev–Trinajstić information content (AvgIpc) is 3.33. The summed E-state index contributed by atoms with van der Waals surface area (Å²) in [5.74, 6) is -0.815. The SMILES string of the molecule is Cc1cnc(NC(=O)c2ccc(CN3C(=O)c4ccc(Cl)cc4NC(=O)[C@H]3Cc3ccccn3)s2)nc1. The highest BCUT2D eigenvalue weighted by atomic mass is 35.5. The zero-order valence-electron chi connectivity index (χ0n) is 19.6. The van der Waals surface area contributed by atoms with E-state index in [0.29, 0.717) is 26.8 Å². The van der Waals surface area contributed by atoms with E-state index in [0.717, 1.165) is 10.4 Å². The number of nitrogens with one attached hydrogen (secondary N) is 2. The molecule has 0 spiro atoms. The number of amides is 3. The number of carbonyl (C=O) groups excluding carboxylic acids is 3. The van der Waals surface area contributed by atoms with Crippen LogP contribution in [0, 0.1) is 6.92 Å². The van der Waals surface area contributed by atoms with Crippen molar-refractivity contribution in [2.45, 2.75) is 25.9 Å². The molecule has 37 heavy (non-hydrogen) atoms. The molecule has 5 rings (SSSR count). The zero-order valence-corrected chi connectivity index (χ0v) is 21.2. The number of benzene rings is 1. The van der Waals surface area contributed by atoms with Crippen LogP contribution in [0.3, 0.4) is 0 Å². The first-order chi connectivity index (χ1) is 17.9. The Balaban J connectivity index is 1.42. The van der Waals surface area contributed by atoms with E-state index in [4.69, 9.17) is 11.6 Å². The molecule has 1 aromatic carbocycles. The van der Waals surface area contributed by atoms with E-state index in [-0.39, 0.29) is 36.6 Å². The molecule has 186 valence electrons. The number of rotatable bonds is 6. The third-order valence-electron chi connectivity index (χ3n) is 5.76. The lowest BCUT2D eigenvalue weighted by Gasteiger charge is -2.28. The van der Waals surface area contributed by atoms with Crippen LogP contribution in [0.5, 0.6) is 0 Å². The summed E-state index contributed by atoms with van der Waals surface area (Å²) >= 11 is 7.35. The number of aryl methyl sites for hydroxylation is 1. The van der Waals surface area contributed by atoms with Crippen LogP contribution >= 0.6 is 22.9 Å². The summed E-state index contributed by atoms with van der Waals surface area (Å²) in [6.07, 6.45) is 5.10. The number of pyridine rings is 1. The lowest BCUT2D eigenvalue weighted by atomic mass is 10.1. The van der Waals surface area contributed by atoms with Gasteiger partial charge in [-0.2, -0.15) is 0 Å². The van der Waals surface area contributed by atoms with Gasteiger partial charge in [0, 0.05) is 40.6 Å². The highest BCUT2D eigenvalue weighted by Crippen LogP contribution is 2.30. The van der Waals surface area contributed by atoms with Crippen LogP contribution in [0.1, 0.15) is 36.2 Å². The molecule has 0 bridgehead atoms. The number of fused-ring (bicyclic) bond motifs is 1. The molecule has 9 nitrogen and oxygen atoms in total. The molecule has 3 amide bonds. The maximum absolute atomic E-state index is 13.7. The van der Waals surface area contributed by atoms with Gasteiger partial charge >= 0.3 is 0 Å². The van der Waals surface area contributed by atoms with Crippen molar-refractivity contribution in [1.29, 1.82) is 0 Å². The van der Waals surface area contributed by atoms with Gasteiger partial charge in [-0.05, 0) is 55.0 Å². The van der Waals surface area contributed by atoms with Gasteiger partial charge in [-0.3, -0.25) is 24.7 Å². The molecule has 4 heterocycles. The minimum Gasteiger partial charge on any atom is -0.323 e. The van der Waals surface area contributed by atoms with Crippen molar-refractivity contribution >= 4 is 52.3 Å². The topological polar surface area (TPSA) is 117 Å². The number of thiophene rings is 1. The van der Waals surface area contributed by atoms with Crippen LogP contribution < -0.4 is 10.6 Å². The van der Waals surface area contributed by atoms with Crippen LogP contribution in [-0.2, 0) is 17.8 Å². The molecule has 0 unspecified atom stereocenters. The van der Waals surface area contributed by atoms with E-state index >= 15 is 0 Å². The molecular formula is C26H21ClN6O3S. The molecule has 0 aliphatic carbocycles. The summed E-state index contributed by atoms with van der Waals surface area (Å²) in [5.41, 5.74) is 2.26. The Kier molecular flexibility index (Phi) is 6.93. The third-order valence-corrected chi connectivity index (χ3v) is 7.06. The van der Waals surface area contributed by atoms with Crippen molar-refractivity contribution < 1.29 is 14.4 Å². The Bertz CT molecular complexity index is 1480. The highest BCUT2D eigenvalue weighted by molar-refractivity contribution is 7.14. The first-order valence-electron chi connectivity index (χ1n) is 11.4. The van der Waals surface area contributed by atoms with Crippen LogP contribution in [0.15, 0.2) is 67.1 Å². The van der Waals surface area contributed by atoms with Crippen LogP contribution in [0.25, 0.3) is 0 Å². The molecule has 1 aliphatic rings. The van der Waals surface area contributed by atoms with Crippen molar-refractivity contribution in [1.82, 2.24) is 19.9 Å². The van der Waals surface area contributed by atoms with Gasteiger partial charge in [-0.25, -0.2) is 9.97 Å². The number of anilines is 2. The van der Waals surface area contributed by atoms with Crippen molar-refractivity contribution in [3.8, 4) is 0 Å². The number of hydrogen-bond acceptors (Lipinski definition) is 7. The molecule has 1 aliphatic heterocycles. The smallest absolute Gasteiger partial charge is 0.268 e. The highest BCUT2D eigenvalue weighted by Gasteiger charge is 2.36. The molecular weight excluding hydrogens is 512 g/mol. The maximum Gasteiger partial charge on any atom is 0.268 e. The predicted octanol–water partition coefficient (Wildman–Crippen LogP) is 4.35. The van der Waals surface area contributed by atoms with Crippen molar-refractivity contribution in [3.05, 3.63) is 98.7 Å². The third kappa shape index (κ3) is 5.50. The van der Waals surface area contributed by atoms with Crippen molar-refractivity contribution in [2.75, 3.05) is 10.6 Å². The summed E-state index contributed by atoms with van der Waals surface area (Å²) in [4.78, 5) is 55.0. The number of aromatic nitrogens is 3. The Hall–Kier alpha value is -4.15. The molecule has 11 heteroatoms. The van der Waals surface area contributed by atoms with Gasteiger partial charge in [0.1, 0.15) is 6.04 Å². The van der Waals surface area contributed by atoms with E-state index in [1.54, 1.807) is 55.0 Å². The summed E-state index contributed by atoms with van der Waals surface area (Å²) in [6.45, 7) is 1.99. The van der Waals surface area contributed by atoms with Crippen LogP contribution in [0.4, 0.5) is 11.6 Å². The molecule has 0 saturated heterocycles. The summed E-state index contributed by atoms with van der Waals surface area (Å²) < 4.78 is 0. The normalized spacial score (nSPS) is 15.1. The number of nitrogens with zero attached hydrogens (tertiary/aromatic N) is 4. The largest absolute Gasteiger partial charge is 0.323 e. The molecule has 4 aromatic rings. The first-order valence-corrected chi connectivity index (χ1v) is 12.6. The van der Waals surface area contributed by atoms with Crippen LogP contribution in [-0.4, -0.2) is 43.6 Å². The second-order valence-electron chi connectivity index (χ2n) is 8.46. The summed E-state index contributed by atoms with van der Waals surface area (Å²) in [6, 6.07) is 12.8. The maximum atomic E-state index is 13.7. The van der Waals surface area contributed by atoms with E-state index in [2.05, 4.69) is 25.6 Å². The molecule has 0 radical (unpaired) electrons. The number of hydrogen-bond donors (Lipinski definition) is 2. The fourth-order valence-electron chi connectivity index (χ4n) is 3.94. The quantitative estimate of drug-likeness (QED) is 0.381. The van der Waals surface area contributed by atoms with Gasteiger partial charge in [0.05, 0.1) is 22.7 Å². The lowest BCUT2D eigenvalue weighted by Crippen LogP contribution is -2.46. The molecule has 0 saturated carbocycles. The number of carbonyl (C=O) groups is 3. The van der Waals surface area contributed by atoms with Gasteiger partial charge in [0.2, 0.25) is 11.9 Å². The van der Waals surface area contributed by atoms with E-state index in [1.165, 1.54) is 16.2 Å². The monoisotopic (exact) mass is 532 g/mol. The van der Waals surface area contributed by atoms with Gasteiger partial charge in [-0.15, -0.1) is 11.3 Å². The first kappa shape index (κ1) is 24.5. The van der Waals surface area contributed by atoms with Crippen LogP contribution in [0.2, 0.25) is 5.02 Å². The second-order valence-corrected chi connectivity index (χ2v) is 10.1. The van der Waals surface area contributed by atoms with Crippen molar-refractivity contribution in [2.24, 2.45) is 0 Å². The molecule has 1 atom stereocenters. The van der Waals surface area contributed by atoms with Crippen molar-refractivity contribution in [3.63, 3.8) is 0 Å². The van der Waals surface area contributed by atoms with Gasteiger partial charge < -0.3 is 10.2 Å². The van der Waals surface area contributed by atoms with E-state index in [1.807, 2.05) is 19.1 Å². The molecule has 3 aromatic heterocycles. The van der Waals surface area contributed by atoms with Gasteiger partial charge in [0.15, 0.2) is 0 Å². The predicted molar refractivity (Wildman–Crippen MR) is 141 cm³/mol. The number of halogens is 1. The second kappa shape index (κ2) is 10.5. The lowest BCUT2D eigenvalue weighted by molar-refractivity contribution is -0.120. The fraction of sp³-hybridized carbons (Fsp3) is 0.154.